The van der Waals surface area contributed by atoms with E-state index in [0.29, 0.717) is 10.7 Å². The number of carbonyl (C=O) groups is 2. The second-order valence-electron chi connectivity index (χ2n) is 5.89. The fraction of sp³-hybridized carbons (Fsp3) is 0.263. The van der Waals surface area contributed by atoms with Gasteiger partial charge < -0.3 is 16.0 Å². The number of rotatable bonds is 5. The van der Waals surface area contributed by atoms with Crippen LogP contribution in [0.5, 0.6) is 0 Å². The van der Waals surface area contributed by atoms with Crippen molar-refractivity contribution in [3.8, 4) is 0 Å². The monoisotopic (exact) mass is 359 g/mol. The van der Waals surface area contributed by atoms with Crippen molar-refractivity contribution in [2.75, 3.05) is 5.32 Å². The lowest BCUT2D eigenvalue weighted by atomic mass is 10.1. The average molecular weight is 360 g/mol. The molecule has 0 saturated heterocycles. The third kappa shape index (κ3) is 5.50. The molecular formula is C19H22ClN3O2. The summed E-state index contributed by atoms with van der Waals surface area (Å²) in [5.74, 6) is -0.135. The fourth-order valence-electron chi connectivity index (χ4n) is 2.51. The van der Waals surface area contributed by atoms with Crippen molar-refractivity contribution in [3.63, 3.8) is 0 Å². The van der Waals surface area contributed by atoms with Gasteiger partial charge in [-0.05, 0) is 43.2 Å². The second kappa shape index (κ2) is 8.53. The summed E-state index contributed by atoms with van der Waals surface area (Å²) in [7, 11) is 0. The van der Waals surface area contributed by atoms with Gasteiger partial charge in [0.05, 0.1) is 12.1 Å². The first kappa shape index (κ1) is 18.8. The molecule has 0 heterocycles. The quantitative estimate of drug-likeness (QED) is 0.739. The van der Waals surface area contributed by atoms with E-state index >= 15 is 0 Å². The van der Waals surface area contributed by atoms with Crippen molar-refractivity contribution in [3.05, 3.63) is 64.7 Å². The van der Waals surface area contributed by atoms with E-state index in [1.807, 2.05) is 50.2 Å². The van der Waals surface area contributed by atoms with Crippen LogP contribution in [0.3, 0.4) is 0 Å². The van der Waals surface area contributed by atoms with Gasteiger partial charge in [0, 0.05) is 17.6 Å². The SMILES string of the molecule is CC(=O)Nc1cccc([C@@H](C)NC(=O)N[C@@H](C)c2ccccc2Cl)c1. The molecule has 5 nitrogen and oxygen atoms in total. The van der Waals surface area contributed by atoms with Gasteiger partial charge in [-0.25, -0.2) is 4.79 Å². The minimum absolute atomic E-state index is 0.135. The molecule has 6 heteroatoms. The Morgan fingerprint density at radius 1 is 0.960 bits per heavy atom. The molecule has 0 aliphatic rings. The summed E-state index contributed by atoms with van der Waals surface area (Å²) in [6, 6.07) is 14.1. The van der Waals surface area contributed by atoms with Gasteiger partial charge in [-0.15, -0.1) is 0 Å². The standard InChI is InChI=1S/C19H22ClN3O2/c1-12(15-7-6-8-16(11-15)23-14(3)24)21-19(25)22-13(2)17-9-4-5-10-18(17)20/h4-13H,1-3H3,(H,23,24)(H2,21,22,25)/t12-,13+/m1/s1. The van der Waals surface area contributed by atoms with E-state index in [9.17, 15) is 9.59 Å². The smallest absolute Gasteiger partial charge is 0.315 e. The zero-order valence-corrected chi connectivity index (χ0v) is 15.2. The molecule has 0 spiro atoms. The number of carbonyl (C=O) groups excluding carboxylic acids is 2. The number of benzene rings is 2. The summed E-state index contributed by atoms with van der Waals surface area (Å²) in [6.45, 7) is 5.22. The Balaban J connectivity index is 1.98. The van der Waals surface area contributed by atoms with Crippen LogP contribution < -0.4 is 16.0 Å². The summed E-state index contributed by atoms with van der Waals surface area (Å²) in [5, 5.41) is 9.12. The van der Waals surface area contributed by atoms with Crippen LogP contribution in [0.2, 0.25) is 5.02 Å². The Morgan fingerprint density at radius 3 is 2.32 bits per heavy atom. The third-order valence-electron chi connectivity index (χ3n) is 3.77. The molecule has 25 heavy (non-hydrogen) atoms. The van der Waals surface area contributed by atoms with Crippen molar-refractivity contribution < 1.29 is 9.59 Å². The first-order valence-corrected chi connectivity index (χ1v) is 8.43. The number of anilines is 1. The Labute approximate surface area is 152 Å². The highest BCUT2D eigenvalue weighted by Gasteiger charge is 2.15. The largest absolute Gasteiger partial charge is 0.332 e. The first-order chi connectivity index (χ1) is 11.9. The van der Waals surface area contributed by atoms with E-state index in [-0.39, 0.29) is 24.0 Å². The van der Waals surface area contributed by atoms with Gasteiger partial charge in [-0.3, -0.25) is 4.79 Å². The van der Waals surface area contributed by atoms with Crippen LogP contribution in [0.1, 0.15) is 44.0 Å². The highest BCUT2D eigenvalue weighted by molar-refractivity contribution is 6.31. The Bertz CT molecular complexity index is 764. The Kier molecular flexibility index (Phi) is 6.42. The van der Waals surface area contributed by atoms with E-state index in [0.717, 1.165) is 11.1 Å². The van der Waals surface area contributed by atoms with Crippen molar-refractivity contribution in [2.24, 2.45) is 0 Å². The lowest BCUT2D eigenvalue weighted by molar-refractivity contribution is -0.114. The van der Waals surface area contributed by atoms with Gasteiger partial charge in [0.25, 0.3) is 0 Å². The molecule has 0 radical (unpaired) electrons. The van der Waals surface area contributed by atoms with Gasteiger partial charge in [-0.2, -0.15) is 0 Å². The molecule has 0 fully saturated rings. The van der Waals surface area contributed by atoms with Gasteiger partial charge in [-0.1, -0.05) is 41.9 Å². The molecule has 0 aromatic heterocycles. The highest BCUT2D eigenvalue weighted by Crippen LogP contribution is 2.22. The zero-order chi connectivity index (χ0) is 18.4. The van der Waals surface area contributed by atoms with Gasteiger partial charge >= 0.3 is 6.03 Å². The van der Waals surface area contributed by atoms with Crippen LogP contribution in [0.4, 0.5) is 10.5 Å². The number of halogens is 1. The van der Waals surface area contributed by atoms with Crippen LogP contribution in [-0.4, -0.2) is 11.9 Å². The lowest BCUT2D eigenvalue weighted by Gasteiger charge is -2.20. The number of hydrogen-bond donors (Lipinski definition) is 3. The maximum atomic E-state index is 12.2. The van der Waals surface area contributed by atoms with Crippen LogP contribution in [0, 0.1) is 0 Å². The molecule has 0 saturated carbocycles. The molecule has 0 aliphatic heterocycles. The summed E-state index contributed by atoms with van der Waals surface area (Å²) >= 11 is 6.16. The molecular weight excluding hydrogens is 338 g/mol. The molecule has 3 N–H and O–H groups in total. The van der Waals surface area contributed by atoms with E-state index in [1.165, 1.54) is 6.92 Å². The molecule has 2 aromatic carbocycles. The minimum Gasteiger partial charge on any atom is -0.332 e. The molecule has 2 rings (SSSR count). The van der Waals surface area contributed by atoms with Crippen molar-refractivity contribution in [1.29, 1.82) is 0 Å². The molecule has 0 bridgehead atoms. The van der Waals surface area contributed by atoms with Crippen LogP contribution in [0.25, 0.3) is 0 Å². The number of urea groups is 1. The summed E-state index contributed by atoms with van der Waals surface area (Å²) in [5.41, 5.74) is 2.45. The van der Waals surface area contributed by atoms with Crippen molar-refractivity contribution in [2.45, 2.75) is 32.9 Å². The predicted molar refractivity (Wildman–Crippen MR) is 101 cm³/mol. The molecule has 2 atom stereocenters. The number of amides is 3. The van der Waals surface area contributed by atoms with Crippen LogP contribution in [0.15, 0.2) is 48.5 Å². The minimum atomic E-state index is -0.287. The van der Waals surface area contributed by atoms with E-state index in [2.05, 4.69) is 16.0 Å². The molecule has 0 aliphatic carbocycles. The topological polar surface area (TPSA) is 70.2 Å². The fourth-order valence-corrected chi connectivity index (χ4v) is 2.81. The number of hydrogen-bond acceptors (Lipinski definition) is 2. The highest BCUT2D eigenvalue weighted by atomic mass is 35.5. The third-order valence-corrected chi connectivity index (χ3v) is 4.12. The maximum Gasteiger partial charge on any atom is 0.315 e. The van der Waals surface area contributed by atoms with E-state index < -0.39 is 0 Å². The average Bonchev–Trinajstić information content (AvgIpc) is 2.54. The maximum absolute atomic E-state index is 12.2. The zero-order valence-electron chi connectivity index (χ0n) is 14.5. The summed E-state index contributed by atoms with van der Waals surface area (Å²) in [6.07, 6.45) is 0. The van der Waals surface area contributed by atoms with Crippen LogP contribution >= 0.6 is 11.6 Å². The Hall–Kier alpha value is -2.53. The normalized spacial score (nSPS) is 12.8. The number of nitrogens with one attached hydrogen (secondary N) is 3. The molecule has 0 unspecified atom stereocenters. The molecule has 3 amide bonds. The second-order valence-corrected chi connectivity index (χ2v) is 6.30. The lowest BCUT2D eigenvalue weighted by Crippen LogP contribution is -2.38. The van der Waals surface area contributed by atoms with E-state index in [4.69, 9.17) is 11.6 Å². The van der Waals surface area contributed by atoms with Crippen LogP contribution in [-0.2, 0) is 4.79 Å². The van der Waals surface area contributed by atoms with E-state index in [1.54, 1.807) is 12.1 Å². The van der Waals surface area contributed by atoms with Gasteiger partial charge in [0.15, 0.2) is 0 Å². The predicted octanol–water partition coefficient (Wildman–Crippen LogP) is 4.42. The molecule has 2 aromatic rings. The summed E-state index contributed by atoms with van der Waals surface area (Å²) in [4.78, 5) is 23.4. The Morgan fingerprint density at radius 2 is 1.64 bits per heavy atom. The molecule has 132 valence electrons. The summed E-state index contributed by atoms with van der Waals surface area (Å²) < 4.78 is 0. The van der Waals surface area contributed by atoms with Gasteiger partial charge in [0.1, 0.15) is 0 Å². The first-order valence-electron chi connectivity index (χ1n) is 8.06. The van der Waals surface area contributed by atoms with Crippen molar-refractivity contribution in [1.82, 2.24) is 10.6 Å². The van der Waals surface area contributed by atoms with Crippen molar-refractivity contribution >= 4 is 29.2 Å². The van der Waals surface area contributed by atoms with Gasteiger partial charge in [0.2, 0.25) is 5.91 Å².